The van der Waals surface area contributed by atoms with E-state index in [4.69, 9.17) is 4.98 Å². The Labute approximate surface area is 240 Å². The van der Waals surface area contributed by atoms with Crippen molar-refractivity contribution in [3.05, 3.63) is 96.1 Å². The summed E-state index contributed by atoms with van der Waals surface area (Å²) in [6, 6.07) is 23.0. The molecule has 0 saturated carbocycles. The second-order valence-electron chi connectivity index (χ2n) is 10.7. The topological polar surface area (TPSA) is 62.1 Å². The van der Waals surface area contributed by atoms with E-state index in [2.05, 4.69) is 57.1 Å². The first-order chi connectivity index (χ1) is 20.1. The molecule has 0 amide bonds. The van der Waals surface area contributed by atoms with Crippen molar-refractivity contribution < 1.29 is 4.39 Å². The minimum atomic E-state index is -0.278. The molecule has 0 aliphatic carbocycles. The number of anilines is 2. The zero-order valence-electron chi connectivity index (χ0n) is 23.7. The summed E-state index contributed by atoms with van der Waals surface area (Å²) in [6.07, 6.45) is 3.72. The molecule has 0 radical (unpaired) electrons. The summed E-state index contributed by atoms with van der Waals surface area (Å²) in [4.78, 5) is 19.2. The highest BCUT2D eigenvalue weighted by molar-refractivity contribution is 5.88. The fourth-order valence-electron chi connectivity index (χ4n) is 5.60. The summed E-state index contributed by atoms with van der Waals surface area (Å²) in [5.74, 6) is 1.19. The van der Waals surface area contributed by atoms with E-state index in [1.54, 1.807) is 18.5 Å². The van der Waals surface area contributed by atoms with Crippen LogP contribution in [0, 0.1) is 19.7 Å². The molecule has 3 heterocycles. The molecule has 41 heavy (non-hydrogen) atoms. The molecule has 7 nitrogen and oxygen atoms in total. The van der Waals surface area contributed by atoms with Crippen LogP contribution in [0.1, 0.15) is 24.0 Å². The van der Waals surface area contributed by atoms with Crippen LogP contribution in [0.4, 0.5) is 15.9 Å². The largest absolute Gasteiger partial charge is 0.369 e. The second kappa shape index (κ2) is 12.1. The molecule has 1 saturated heterocycles. The van der Waals surface area contributed by atoms with E-state index >= 15 is 0 Å². The Kier molecular flexibility index (Phi) is 7.91. The van der Waals surface area contributed by atoms with E-state index in [0.717, 1.165) is 75.0 Å². The maximum atomic E-state index is 13.7. The van der Waals surface area contributed by atoms with E-state index in [0.29, 0.717) is 11.2 Å². The van der Waals surface area contributed by atoms with Gasteiger partial charge in [0.2, 0.25) is 0 Å². The third-order valence-electron chi connectivity index (χ3n) is 8.04. The van der Waals surface area contributed by atoms with Gasteiger partial charge < -0.3 is 10.2 Å². The zero-order valence-corrected chi connectivity index (χ0v) is 23.7. The molecule has 6 rings (SSSR count). The highest BCUT2D eigenvalue weighted by atomic mass is 19.1. The van der Waals surface area contributed by atoms with Crippen molar-refractivity contribution in [3.63, 3.8) is 0 Å². The Morgan fingerprint density at radius 3 is 2.39 bits per heavy atom. The van der Waals surface area contributed by atoms with Gasteiger partial charge in [-0.2, -0.15) is 0 Å². The van der Waals surface area contributed by atoms with Crippen LogP contribution in [0.25, 0.3) is 28.2 Å². The molecule has 1 N–H and O–H groups in total. The lowest BCUT2D eigenvalue weighted by molar-refractivity contribution is 0.253. The standard InChI is InChI=1S/C33H36FN7/c1-24-9-8-12-29(25(24)2)40-21-19-39(20-22-40)18-7-6-17-35-31-30-33(37-23-36-31)41(28-15-13-27(34)14-16-28)32(38-30)26-10-4-3-5-11-26/h3-5,8-16,23H,6-7,17-22H2,1-2H3,(H,35,36,37). The highest BCUT2D eigenvalue weighted by Crippen LogP contribution is 2.30. The number of hydrogen-bond donors (Lipinski definition) is 1. The molecule has 1 aliphatic heterocycles. The summed E-state index contributed by atoms with van der Waals surface area (Å²) in [5.41, 5.74) is 7.28. The number of hydrogen-bond acceptors (Lipinski definition) is 6. The normalized spacial score (nSPS) is 14.1. The van der Waals surface area contributed by atoms with Crippen molar-refractivity contribution in [1.29, 1.82) is 0 Å². The van der Waals surface area contributed by atoms with Gasteiger partial charge in [0.15, 0.2) is 17.0 Å². The first-order valence-electron chi connectivity index (χ1n) is 14.4. The third kappa shape index (κ3) is 5.79. The maximum Gasteiger partial charge on any atom is 0.170 e. The van der Waals surface area contributed by atoms with E-state index in [9.17, 15) is 4.39 Å². The average molecular weight is 550 g/mol. The van der Waals surface area contributed by atoms with Crippen molar-refractivity contribution in [1.82, 2.24) is 24.4 Å². The monoisotopic (exact) mass is 549 g/mol. The van der Waals surface area contributed by atoms with Gasteiger partial charge in [-0.1, -0.05) is 42.5 Å². The van der Waals surface area contributed by atoms with E-state index in [1.807, 2.05) is 34.9 Å². The Morgan fingerprint density at radius 2 is 1.61 bits per heavy atom. The summed E-state index contributed by atoms with van der Waals surface area (Å²) in [7, 11) is 0. The number of unbranched alkanes of at least 4 members (excludes halogenated alkanes) is 1. The Bertz CT molecular complexity index is 1610. The number of imidazole rings is 1. The van der Waals surface area contributed by atoms with Crippen molar-refractivity contribution in [2.24, 2.45) is 0 Å². The van der Waals surface area contributed by atoms with Gasteiger partial charge in [-0.15, -0.1) is 0 Å². The summed E-state index contributed by atoms with van der Waals surface area (Å²) < 4.78 is 15.7. The minimum Gasteiger partial charge on any atom is -0.369 e. The zero-order chi connectivity index (χ0) is 28.2. The molecule has 8 heteroatoms. The van der Waals surface area contributed by atoms with E-state index < -0.39 is 0 Å². The van der Waals surface area contributed by atoms with Crippen LogP contribution >= 0.6 is 0 Å². The molecular weight excluding hydrogens is 513 g/mol. The lowest BCUT2D eigenvalue weighted by Gasteiger charge is -2.37. The van der Waals surface area contributed by atoms with Gasteiger partial charge in [-0.3, -0.25) is 9.47 Å². The number of aromatic nitrogens is 4. The van der Waals surface area contributed by atoms with Crippen LogP contribution in [0.2, 0.25) is 0 Å². The average Bonchev–Trinajstić information content (AvgIpc) is 3.40. The quantitative estimate of drug-likeness (QED) is 0.219. The number of piperazine rings is 1. The van der Waals surface area contributed by atoms with Crippen molar-refractivity contribution in [2.75, 3.05) is 49.5 Å². The van der Waals surface area contributed by atoms with Crippen molar-refractivity contribution in [2.45, 2.75) is 26.7 Å². The summed E-state index contributed by atoms with van der Waals surface area (Å²) in [6.45, 7) is 10.6. The smallest absolute Gasteiger partial charge is 0.170 e. The Balaban J connectivity index is 1.09. The van der Waals surface area contributed by atoms with Crippen LogP contribution in [0.5, 0.6) is 0 Å². The number of aryl methyl sites for hydroxylation is 1. The van der Waals surface area contributed by atoms with Gasteiger partial charge in [0, 0.05) is 49.7 Å². The lowest BCUT2D eigenvalue weighted by Crippen LogP contribution is -2.46. The molecular formula is C33H36FN7. The van der Waals surface area contributed by atoms with Gasteiger partial charge in [-0.25, -0.2) is 19.3 Å². The number of nitrogens with one attached hydrogen (secondary N) is 1. The van der Waals surface area contributed by atoms with Crippen molar-refractivity contribution in [3.8, 4) is 17.1 Å². The van der Waals surface area contributed by atoms with Crippen LogP contribution in [0.15, 0.2) is 79.1 Å². The fraction of sp³-hybridized carbons (Fsp3) is 0.303. The Hall–Kier alpha value is -4.30. The molecule has 2 aromatic heterocycles. The molecule has 210 valence electrons. The van der Waals surface area contributed by atoms with Crippen LogP contribution in [-0.2, 0) is 0 Å². The molecule has 0 spiro atoms. The molecule has 0 atom stereocenters. The predicted molar refractivity (Wildman–Crippen MR) is 164 cm³/mol. The number of halogens is 1. The minimum absolute atomic E-state index is 0.278. The molecule has 1 aliphatic rings. The highest BCUT2D eigenvalue weighted by Gasteiger charge is 2.20. The molecule has 1 fully saturated rings. The second-order valence-corrected chi connectivity index (χ2v) is 10.7. The number of benzene rings is 3. The van der Waals surface area contributed by atoms with E-state index in [1.165, 1.54) is 28.9 Å². The predicted octanol–water partition coefficient (Wildman–Crippen LogP) is 6.25. The number of nitrogens with zero attached hydrogens (tertiary/aromatic N) is 6. The number of fused-ring (bicyclic) bond motifs is 1. The summed E-state index contributed by atoms with van der Waals surface area (Å²) >= 11 is 0. The fourth-order valence-corrected chi connectivity index (χ4v) is 5.60. The molecule has 3 aromatic carbocycles. The SMILES string of the molecule is Cc1cccc(N2CCN(CCCCNc3ncnc4c3nc(-c3ccccc3)n4-c3ccc(F)cc3)CC2)c1C. The van der Waals surface area contributed by atoms with Gasteiger partial charge in [0.25, 0.3) is 0 Å². The summed E-state index contributed by atoms with van der Waals surface area (Å²) in [5, 5.41) is 3.50. The third-order valence-corrected chi connectivity index (χ3v) is 8.04. The van der Waals surface area contributed by atoms with Crippen LogP contribution < -0.4 is 10.2 Å². The van der Waals surface area contributed by atoms with Gasteiger partial charge >= 0.3 is 0 Å². The Morgan fingerprint density at radius 1 is 0.829 bits per heavy atom. The molecule has 0 bridgehead atoms. The lowest BCUT2D eigenvalue weighted by atomic mass is 10.1. The van der Waals surface area contributed by atoms with E-state index in [-0.39, 0.29) is 5.82 Å². The van der Waals surface area contributed by atoms with Crippen LogP contribution in [0.3, 0.4) is 0 Å². The molecule has 0 unspecified atom stereocenters. The van der Waals surface area contributed by atoms with Gasteiger partial charge in [0.1, 0.15) is 18.0 Å². The first-order valence-corrected chi connectivity index (χ1v) is 14.4. The van der Waals surface area contributed by atoms with Crippen molar-refractivity contribution >= 4 is 22.7 Å². The number of rotatable bonds is 9. The molecule has 5 aromatic rings. The van der Waals surface area contributed by atoms with Crippen LogP contribution in [-0.4, -0.2) is 63.7 Å². The van der Waals surface area contributed by atoms with Gasteiger partial charge in [-0.05, 0) is 74.7 Å². The first kappa shape index (κ1) is 26.9. The van der Waals surface area contributed by atoms with Gasteiger partial charge in [0.05, 0.1) is 0 Å². The maximum absolute atomic E-state index is 13.7.